The van der Waals surface area contributed by atoms with E-state index in [0.717, 1.165) is 34.4 Å². The van der Waals surface area contributed by atoms with Crippen LogP contribution >= 0.6 is 23.1 Å². The predicted octanol–water partition coefficient (Wildman–Crippen LogP) is 2.35. The van der Waals surface area contributed by atoms with E-state index in [-0.39, 0.29) is 11.9 Å². The summed E-state index contributed by atoms with van der Waals surface area (Å²) < 4.78 is 1.01. The monoisotopic (exact) mass is 316 g/mol. The SMILES string of the molecule is Cc1nnc(SCCCCC(C)(NC(C)C)C(N)=O)s1. The second-order valence-electron chi connectivity index (χ2n) is 5.39. The molecule has 0 aliphatic rings. The molecule has 1 rings (SSSR count). The Hall–Kier alpha value is -0.660. The molecule has 0 aromatic carbocycles. The summed E-state index contributed by atoms with van der Waals surface area (Å²) in [6, 6.07) is 0.242. The molecule has 1 unspecified atom stereocenters. The molecule has 0 radical (unpaired) electrons. The van der Waals surface area contributed by atoms with Gasteiger partial charge in [0.2, 0.25) is 5.91 Å². The van der Waals surface area contributed by atoms with E-state index in [2.05, 4.69) is 15.5 Å². The zero-order chi connectivity index (χ0) is 15.2. The Labute approximate surface area is 129 Å². The van der Waals surface area contributed by atoms with Gasteiger partial charge in [-0.1, -0.05) is 29.5 Å². The molecule has 0 aliphatic carbocycles. The van der Waals surface area contributed by atoms with Crippen LogP contribution in [0.5, 0.6) is 0 Å². The summed E-state index contributed by atoms with van der Waals surface area (Å²) in [7, 11) is 0. The van der Waals surface area contributed by atoms with Crippen molar-refractivity contribution in [1.82, 2.24) is 15.5 Å². The highest BCUT2D eigenvalue weighted by Crippen LogP contribution is 2.24. The molecule has 0 bridgehead atoms. The average molecular weight is 316 g/mol. The number of primary amides is 1. The van der Waals surface area contributed by atoms with Crippen LogP contribution in [0.4, 0.5) is 0 Å². The molecule has 0 saturated heterocycles. The minimum atomic E-state index is -0.613. The van der Waals surface area contributed by atoms with Crippen LogP contribution in [-0.2, 0) is 4.79 Å². The first-order valence-electron chi connectivity index (χ1n) is 6.84. The van der Waals surface area contributed by atoms with Gasteiger partial charge in [-0.05, 0) is 40.5 Å². The van der Waals surface area contributed by atoms with Crippen molar-refractivity contribution in [3.05, 3.63) is 5.01 Å². The summed E-state index contributed by atoms with van der Waals surface area (Å²) in [5.74, 6) is 0.712. The smallest absolute Gasteiger partial charge is 0.237 e. The van der Waals surface area contributed by atoms with Crippen molar-refractivity contribution in [2.75, 3.05) is 5.75 Å². The number of carbonyl (C=O) groups excluding carboxylic acids is 1. The van der Waals surface area contributed by atoms with Crippen LogP contribution in [0.2, 0.25) is 0 Å². The number of nitrogens with two attached hydrogens (primary N) is 1. The second-order valence-corrected chi connectivity index (χ2v) is 7.91. The summed E-state index contributed by atoms with van der Waals surface area (Å²) in [4.78, 5) is 11.6. The normalized spacial score (nSPS) is 14.4. The van der Waals surface area contributed by atoms with Gasteiger partial charge in [0.05, 0.1) is 5.54 Å². The van der Waals surface area contributed by atoms with Gasteiger partial charge in [0.25, 0.3) is 0 Å². The summed E-state index contributed by atoms with van der Waals surface area (Å²) in [6.07, 6.45) is 2.76. The van der Waals surface area contributed by atoms with Gasteiger partial charge in [-0.3, -0.25) is 4.79 Å². The Balaban J connectivity index is 2.29. The lowest BCUT2D eigenvalue weighted by Gasteiger charge is -2.29. The first kappa shape index (κ1) is 17.4. The molecule has 0 fully saturated rings. The lowest BCUT2D eigenvalue weighted by Crippen LogP contribution is -2.55. The van der Waals surface area contributed by atoms with Gasteiger partial charge < -0.3 is 11.1 Å². The third-order valence-corrected chi connectivity index (χ3v) is 5.01. The van der Waals surface area contributed by atoms with Crippen molar-refractivity contribution in [2.24, 2.45) is 5.73 Å². The minimum absolute atomic E-state index is 0.242. The standard InChI is InChI=1S/C13H24N4OS2/c1-9(2)15-13(4,11(14)18)7-5-6-8-19-12-17-16-10(3)20-12/h9,15H,5-8H2,1-4H3,(H2,14,18). The van der Waals surface area contributed by atoms with Crippen LogP contribution < -0.4 is 11.1 Å². The molecule has 1 atom stereocenters. The fraction of sp³-hybridized carbons (Fsp3) is 0.769. The fourth-order valence-corrected chi connectivity index (χ4v) is 3.87. The van der Waals surface area contributed by atoms with E-state index < -0.39 is 5.54 Å². The van der Waals surface area contributed by atoms with E-state index in [9.17, 15) is 4.79 Å². The molecule has 0 saturated carbocycles. The number of hydrogen-bond donors (Lipinski definition) is 2. The maximum absolute atomic E-state index is 11.6. The Morgan fingerprint density at radius 3 is 2.65 bits per heavy atom. The quantitative estimate of drug-likeness (QED) is 0.540. The van der Waals surface area contributed by atoms with Crippen LogP contribution in [0, 0.1) is 6.92 Å². The van der Waals surface area contributed by atoms with Crippen molar-refractivity contribution in [1.29, 1.82) is 0 Å². The Morgan fingerprint density at radius 2 is 2.15 bits per heavy atom. The van der Waals surface area contributed by atoms with E-state index in [1.807, 2.05) is 27.7 Å². The summed E-state index contributed by atoms with van der Waals surface area (Å²) in [6.45, 7) is 7.89. The highest BCUT2D eigenvalue weighted by atomic mass is 32.2. The van der Waals surface area contributed by atoms with Crippen LogP contribution in [0.15, 0.2) is 4.34 Å². The Morgan fingerprint density at radius 1 is 1.45 bits per heavy atom. The van der Waals surface area contributed by atoms with E-state index in [1.54, 1.807) is 23.1 Å². The van der Waals surface area contributed by atoms with E-state index in [0.29, 0.717) is 0 Å². The highest BCUT2D eigenvalue weighted by Gasteiger charge is 2.30. The molecule has 5 nitrogen and oxygen atoms in total. The number of aromatic nitrogens is 2. The third kappa shape index (κ3) is 5.76. The van der Waals surface area contributed by atoms with Crippen LogP contribution in [0.3, 0.4) is 0 Å². The van der Waals surface area contributed by atoms with Crippen molar-refractivity contribution < 1.29 is 4.79 Å². The van der Waals surface area contributed by atoms with Gasteiger partial charge in [0, 0.05) is 11.8 Å². The molecule has 3 N–H and O–H groups in total. The summed E-state index contributed by atoms with van der Waals surface area (Å²) in [5.41, 5.74) is 4.89. The van der Waals surface area contributed by atoms with Gasteiger partial charge >= 0.3 is 0 Å². The van der Waals surface area contributed by atoms with Crippen molar-refractivity contribution in [3.63, 3.8) is 0 Å². The Kier molecular flexibility index (Phi) is 6.91. The van der Waals surface area contributed by atoms with Crippen molar-refractivity contribution in [2.45, 2.75) is 62.9 Å². The Bertz CT molecular complexity index is 436. The zero-order valence-electron chi connectivity index (χ0n) is 12.6. The van der Waals surface area contributed by atoms with Crippen LogP contribution in [-0.4, -0.2) is 33.4 Å². The number of nitrogens with one attached hydrogen (secondary N) is 1. The van der Waals surface area contributed by atoms with Gasteiger partial charge in [-0.15, -0.1) is 10.2 Å². The predicted molar refractivity (Wildman–Crippen MR) is 85.1 cm³/mol. The zero-order valence-corrected chi connectivity index (χ0v) is 14.2. The molecular weight excluding hydrogens is 292 g/mol. The second kappa shape index (κ2) is 7.95. The number of carbonyl (C=O) groups is 1. The summed E-state index contributed by atoms with van der Waals surface area (Å²) >= 11 is 3.34. The van der Waals surface area contributed by atoms with Gasteiger partial charge in [-0.25, -0.2) is 0 Å². The van der Waals surface area contributed by atoms with Crippen LogP contribution in [0.25, 0.3) is 0 Å². The van der Waals surface area contributed by atoms with E-state index in [4.69, 9.17) is 5.73 Å². The average Bonchev–Trinajstić information content (AvgIpc) is 2.73. The molecule has 20 heavy (non-hydrogen) atoms. The molecule has 0 aliphatic heterocycles. The van der Waals surface area contributed by atoms with E-state index >= 15 is 0 Å². The lowest BCUT2D eigenvalue weighted by atomic mass is 9.93. The molecule has 1 aromatic heterocycles. The third-order valence-electron chi connectivity index (χ3n) is 2.96. The minimum Gasteiger partial charge on any atom is -0.368 e. The number of hydrogen-bond acceptors (Lipinski definition) is 6. The number of amides is 1. The fourth-order valence-electron chi connectivity index (χ4n) is 1.98. The number of thioether (sulfide) groups is 1. The maximum atomic E-state index is 11.6. The molecule has 1 amide bonds. The number of nitrogens with zero attached hydrogens (tertiary/aromatic N) is 2. The van der Waals surface area contributed by atoms with Crippen molar-refractivity contribution in [3.8, 4) is 0 Å². The summed E-state index contributed by atoms with van der Waals surface area (Å²) in [5, 5.41) is 12.3. The number of rotatable bonds is 9. The van der Waals surface area contributed by atoms with Crippen LogP contribution in [0.1, 0.15) is 45.0 Å². The number of aryl methyl sites for hydroxylation is 1. The van der Waals surface area contributed by atoms with Gasteiger partial charge in [0.15, 0.2) is 4.34 Å². The molecule has 1 aromatic rings. The molecule has 0 spiro atoms. The molecule has 7 heteroatoms. The highest BCUT2D eigenvalue weighted by molar-refractivity contribution is 8.01. The first-order chi connectivity index (χ1) is 9.33. The van der Waals surface area contributed by atoms with Crippen molar-refractivity contribution >= 4 is 29.0 Å². The van der Waals surface area contributed by atoms with Gasteiger partial charge in [0.1, 0.15) is 5.01 Å². The van der Waals surface area contributed by atoms with Gasteiger partial charge in [-0.2, -0.15) is 0 Å². The first-order valence-corrected chi connectivity index (χ1v) is 8.64. The molecule has 1 heterocycles. The number of unbranched alkanes of at least 4 members (excludes halogenated alkanes) is 1. The maximum Gasteiger partial charge on any atom is 0.237 e. The van der Waals surface area contributed by atoms with E-state index in [1.165, 1.54) is 0 Å². The lowest BCUT2D eigenvalue weighted by molar-refractivity contribution is -0.124. The largest absolute Gasteiger partial charge is 0.368 e. The topological polar surface area (TPSA) is 80.9 Å². The molecular formula is C13H24N4OS2. The molecule has 114 valence electrons.